The van der Waals surface area contributed by atoms with Crippen molar-refractivity contribution in [3.63, 3.8) is 0 Å². The molecule has 0 aliphatic heterocycles. The van der Waals surface area contributed by atoms with Crippen LogP contribution in [0.5, 0.6) is 0 Å². The van der Waals surface area contributed by atoms with Crippen molar-refractivity contribution in [3.05, 3.63) is 58.7 Å². The van der Waals surface area contributed by atoms with Crippen LogP contribution in [0.2, 0.25) is 0 Å². The molecule has 0 unspecified atom stereocenters. The number of nitrogens with one attached hydrogen (secondary N) is 1. The summed E-state index contributed by atoms with van der Waals surface area (Å²) in [5.74, 6) is -2.19. The van der Waals surface area contributed by atoms with Crippen LogP contribution < -0.4 is 5.32 Å². The SMILES string of the molecule is CCNCc1cc(C)ccc1-c1cc([C@@H](C)C(=O)O)cc(C(F)(F)F)c1. The number of aryl methyl sites for hydroxylation is 1. The first-order chi connectivity index (χ1) is 12.1. The Hall–Kier alpha value is -2.34. The number of carbonyl (C=O) groups is 1. The van der Waals surface area contributed by atoms with Gasteiger partial charge in [-0.05, 0) is 54.8 Å². The van der Waals surface area contributed by atoms with Crippen molar-refractivity contribution in [2.75, 3.05) is 6.54 Å². The first kappa shape index (κ1) is 20.0. The second-order valence-corrected chi connectivity index (χ2v) is 6.34. The van der Waals surface area contributed by atoms with Gasteiger partial charge in [-0.15, -0.1) is 0 Å². The van der Waals surface area contributed by atoms with Gasteiger partial charge in [-0.25, -0.2) is 0 Å². The quantitative estimate of drug-likeness (QED) is 0.759. The summed E-state index contributed by atoms with van der Waals surface area (Å²) in [6.07, 6.45) is -4.55. The summed E-state index contributed by atoms with van der Waals surface area (Å²) < 4.78 is 40.0. The Labute approximate surface area is 150 Å². The Morgan fingerprint density at radius 2 is 1.88 bits per heavy atom. The third kappa shape index (κ3) is 4.64. The summed E-state index contributed by atoms with van der Waals surface area (Å²) in [6, 6.07) is 9.09. The lowest BCUT2D eigenvalue weighted by Crippen LogP contribution is -2.13. The fourth-order valence-corrected chi connectivity index (χ4v) is 2.77. The first-order valence-electron chi connectivity index (χ1n) is 8.39. The topological polar surface area (TPSA) is 49.3 Å². The average molecular weight is 365 g/mol. The standard InChI is InChI=1S/C20H22F3NO2/c1-4-24-11-16-7-12(2)5-6-18(16)15-8-14(13(3)19(25)26)9-17(10-15)20(21,22)23/h5-10,13,24H,4,11H2,1-3H3,(H,25,26)/t13-/m1/s1. The van der Waals surface area contributed by atoms with E-state index in [4.69, 9.17) is 0 Å². The number of benzene rings is 2. The molecule has 0 saturated carbocycles. The number of rotatable bonds is 6. The van der Waals surface area contributed by atoms with Gasteiger partial charge in [0.15, 0.2) is 0 Å². The molecule has 0 spiro atoms. The highest BCUT2D eigenvalue weighted by Gasteiger charge is 2.32. The first-order valence-corrected chi connectivity index (χ1v) is 8.39. The molecule has 0 saturated heterocycles. The molecular weight excluding hydrogens is 343 g/mol. The fraction of sp³-hybridized carbons (Fsp3) is 0.350. The molecule has 0 radical (unpaired) electrons. The summed E-state index contributed by atoms with van der Waals surface area (Å²) >= 11 is 0. The number of halogens is 3. The molecule has 2 aromatic carbocycles. The molecule has 26 heavy (non-hydrogen) atoms. The lowest BCUT2D eigenvalue weighted by molar-refractivity contribution is -0.139. The lowest BCUT2D eigenvalue weighted by atomic mass is 9.91. The summed E-state index contributed by atoms with van der Waals surface area (Å²) in [7, 11) is 0. The lowest BCUT2D eigenvalue weighted by Gasteiger charge is -2.17. The monoisotopic (exact) mass is 365 g/mol. The van der Waals surface area contributed by atoms with Crippen LogP contribution in [-0.2, 0) is 17.5 Å². The number of aliphatic carboxylic acids is 1. The Morgan fingerprint density at radius 3 is 2.46 bits per heavy atom. The van der Waals surface area contributed by atoms with Crippen molar-refractivity contribution >= 4 is 5.97 Å². The predicted octanol–water partition coefficient (Wildman–Crippen LogP) is 4.98. The molecule has 2 aromatic rings. The van der Waals surface area contributed by atoms with Gasteiger partial charge < -0.3 is 10.4 Å². The Kier molecular flexibility index (Phi) is 6.08. The van der Waals surface area contributed by atoms with Gasteiger partial charge in [0.05, 0.1) is 11.5 Å². The van der Waals surface area contributed by atoms with Crippen LogP contribution in [0.4, 0.5) is 13.2 Å². The van der Waals surface area contributed by atoms with E-state index in [1.807, 2.05) is 26.0 Å². The van der Waals surface area contributed by atoms with Crippen molar-refractivity contribution < 1.29 is 23.1 Å². The fourth-order valence-electron chi connectivity index (χ4n) is 2.77. The second kappa shape index (κ2) is 7.91. The molecule has 1 atom stereocenters. The highest BCUT2D eigenvalue weighted by molar-refractivity contribution is 5.77. The van der Waals surface area contributed by atoms with Crippen molar-refractivity contribution in [1.29, 1.82) is 0 Å². The molecule has 2 N–H and O–H groups in total. The molecule has 140 valence electrons. The molecule has 0 fully saturated rings. The van der Waals surface area contributed by atoms with E-state index in [2.05, 4.69) is 5.32 Å². The van der Waals surface area contributed by atoms with E-state index in [-0.39, 0.29) is 5.56 Å². The number of hydrogen-bond donors (Lipinski definition) is 2. The van der Waals surface area contributed by atoms with E-state index in [0.29, 0.717) is 17.7 Å². The van der Waals surface area contributed by atoms with Gasteiger partial charge in [-0.1, -0.05) is 36.8 Å². The van der Waals surface area contributed by atoms with Gasteiger partial charge in [0, 0.05) is 6.54 Å². The van der Waals surface area contributed by atoms with Crippen LogP contribution in [0.15, 0.2) is 36.4 Å². The van der Waals surface area contributed by atoms with Crippen molar-refractivity contribution in [1.82, 2.24) is 5.32 Å². The van der Waals surface area contributed by atoms with Crippen LogP contribution in [0.3, 0.4) is 0 Å². The maximum absolute atomic E-state index is 13.3. The third-order valence-electron chi connectivity index (χ3n) is 4.29. The molecule has 3 nitrogen and oxygen atoms in total. The van der Waals surface area contributed by atoms with Gasteiger partial charge in [0.2, 0.25) is 0 Å². The Bertz CT molecular complexity index is 800. The Morgan fingerprint density at radius 1 is 1.19 bits per heavy atom. The normalized spacial score (nSPS) is 12.8. The van der Waals surface area contributed by atoms with Crippen LogP contribution in [-0.4, -0.2) is 17.6 Å². The van der Waals surface area contributed by atoms with E-state index in [9.17, 15) is 23.1 Å². The van der Waals surface area contributed by atoms with Crippen molar-refractivity contribution in [2.45, 2.75) is 39.4 Å². The number of hydrogen-bond acceptors (Lipinski definition) is 2. The summed E-state index contributed by atoms with van der Waals surface area (Å²) in [5.41, 5.74) is 2.22. The highest BCUT2D eigenvalue weighted by Crippen LogP contribution is 2.36. The van der Waals surface area contributed by atoms with Crippen LogP contribution in [0.1, 0.15) is 42.0 Å². The van der Waals surface area contributed by atoms with Crippen molar-refractivity contribution in [3.8, 4) is 11.1 Å². The molecular formula is C20H22F3NO2. The summed E-state index contributed by atoms with van der Waals surface area (Å²) in [6.45, 7) is 6.51. The summed E-state index contributed by atoms with van der Waals surface area (Å²) in [5, 5.41) is 12.4. The highest BCUT2D eigenvalue weighted by atomic mass is 19.4. The van der Waals surface area contributed by atoms with E-state index < -0.39 is 23.6 Å². The molecule has 0 aliphatic rings. The van der Waals surface area contributed by atoms with E-state index >= 15 is 0 Å². The van der Waals surface area contributed by atoms with Crippen LogP contribution in [0, 0.1) is 6.92 Å². The zero-order chi connectivity index (χ0) is 19.5. The Balaban J connectivity index is 2.65. The number of carboxylic acid groups (broad SMARTS) is 1. The van der Waals surface area contributed by atoms with Gasteiger partial charge in [-0.2, -0.15) is 13.2 Å². The molecule has 6 heteroatoms. The number of carboxylic acids is 1. The van der Waals surface area contributed by atoms with E-state index in [0.717, 1.165) is 29.8 Å². The molecule has 0 heterocycles. The average Bonchev–Trinajstić information content (AvgIpc) is 2.58. The molecule has 2 rings (SSSR count). The van der Waals surface area contributed by atoms with Crippen LogP contribution in [0.25, 0.3) is 11.1 Å². The predicted molar refractivity (Wildman–Crippen MR) is 95.0 cm³/mol. The summed E-state index contributed by atoms with van der Waals surface area (Å²) in [4.78, 5) is 11.3. The van der Waals surface area contributed by atoms with Crippen molar-refractivity contribution in [2.24, 2.45) is 0 Å². The van der Waals surface area contributed by atoms with E-state index in [1.165, 1.54) is 13.0 Å². The maximum Gasteiger partial charge on any atom is 0.416 e. The molecule has 0 bridgehead atoms. The van der Waals surface area contributed by atoms with Gasteiger partial charge in [0.25, 0.3) is 0 Å². The number of alkyl halides is 3. The molecule has 0 aliphatic carbocycles. The maximum atomic E-state index is 13.3. The van der Waals surface area contributed by atoms with E-state index in [1.54, 1.807) is 6.07 Å². The zero-order valence-corrected chi connectivity index (χ0v) is 14.9. The molecule has 0 amide bonds. The zero-order valence-electron chi connectivity index (χ0n) is 14.9. The van der Waals surface area contributed by atoms with Crippen LogP contribution >= 0.6 is 0 Å². The van der Waals surface area contributed by atoms with Gasteiger partial charge in [-0.3, -0.25) is 4.79 Å². The second-order valence-electron chi connectivity index (χ2n) is 6.34. The molecule has 0 aromatic heterocycles. The minimum atomic E-state index is -4.55. The minimum absolute atomic E-state index is 0.136. The van der Waals surface area contributed by atoms with Gasteiger partial charge in [0.1, 0.15) is 0 Å². The largest absolute Gasteiger partial charge is 0.481 e. The minimum Gasteiger partial charge on any atom is -0.481 e. The van der Waals surface area contributed by atoms with Gasteiger partial charge >= 0.3 is 12.1 Å². The third-order valence-corrected chi connectivity index (χ3v) is 4.29. The smallest absolute Gasteiger partial charge is 0.416 e.